The van der Waals surface area contributed by atoms with Gasteiger partial charge in [-0.2, -0.15) is 13.2 Å². The van der Waals surface area contributed by atoms with Gasteiger partial charge in [0.2, 0.25) is 5.95 Å². The quantitative estimate of drug-likeness (QED) is 0.757. The van der Waals surface area contributed by atoms with E-state index in [0.29, 0.717) is 12.5 Å². The van der Waals surface area contributed by atoms with Gasteiger partial charge in [0.25, 0.3) is 5.91 Å². The third-order valence-corrected chi connectivity index (χ3v) is 3.66. The molecule has 2 aromatic rings. The Morgan fingerprint density at radius 2 is 2.00 bits per heavy atom. The van der Waals surface area contributed by atoms with E-state index in [4.69, 9.17) is 11.6 Å². The molecule has 0 unspecified atom stereocenters. The number of amides is 1. The zero-order chi connectivity index (χ0) is 19.3. The number of aromatic nitrogens is 2. The average Bonchev–Trinajstić information content (AvgIpc) is 2.55. The van der Waals surface area contributed by atoms with E-state index >= 15 is 0 Å². The van der Waals surface area contributed by atoms with Crippen LogP contribution in [0.5, 0.6) is 0 Å². The molecule has 0 saturated heterocycles. The van der Waals surface area contributed by atoms with E-state index in [-0.39, 0.29) is 22.4 Å². The molecular weight excluding hydrogens is 369 g/mol. The second-order valence-corrected chi connectivity index (χ2v) is 6.45. The summed E-state index contributed by atoms with van der Waals surface area (Å²) in [5.74, 6) is -0.0961. The molecule has 1 aromatic carbocycles. The van der Waals surface area contributed by atoms with Crippen LogP contribution in [0.4, 0.5) is 24.8 Å². The lowest BCUT2D eigenvalue weighted by Gasteiger charge is -2.14. The molecule has 1 heterocycles. The largest absolute Gasteiger partial charge is 0.418 e. The highest BCUT2D eigenvalue weighted by Gasteiger charge is 2.34. The summed E-state index contributed by atoms with van der Waals surface area (Å²) in [6.45, 7) is 4.55. The van der Waals surface area contributed by atoms with Gasteiger partial charge in [-0.15, -0.1) is 0 Å². The first-order valence-corrected chi connectivity index (χ1v) is 8.29. The monoisotopic (exact) mass is 386 g/mol. The first kappa shape index (κ1) is 20.0. The molecule has 1 amide bonds. The summed E-state index contributed by atoms with van der Waals surface area (Å²) in [6, 6.07) is 4.71. The van der Waals surface area contributed by atoms with Crippen LogP contribution in [0.25, 0.3) is 0 Å². The third kappa shape index (κ3) is 5.59. The minimum Gasteiger partial charge on any atom is -0.351 e. The molecule has 0 fully saturated rings. The topological polar surface area (TPSA) is 66.9 Å². The lowest BCUT2D eigenvalue weighted by atomic mass is 10.1. The van der Waals surface area contributed by atoms with Gasteiger partial charge in [0, 0.05) is 17.8 Å². The molecule has 2 rings (SSSR count). The predicted molar refractivity (Wildman–Crippen MR) is 93.6 cm³/mol. The Hall–Kier alpha value is -2.35. The molecule has 26 heavy (non-hydrogen) atoms. The molecule has 0 radical (unpaired) electrons. The molecule has 0 aliphatic heterocycles. The van der Waals surface area contributed by atoms with Gasteiger partial charge in [-0.25, -0.2) is 9.97 Å². The number of benzene rings is 1. The van der Waals surface area contributed by atoms with Gasteiger partial charge in [-0.3, -0.25) is 4.79 Å². The summed E-state index contributed by atoms with van der Waals surface area (Å²) in [7, 11) is 0. The Morgan fingerprint density at radius 1 is 1.27 bits per heavy atom. The van der Waals surface area contributed by atoms with Crippen LogP contribution in [-0.4, -0.2) is 22.4 Å². The second kappa shape index (κ2) is 8.35. The Kier molecular flexibility index (Phi) is 6.42. The average molecular weight is 387 g/mol. The molecule has 0 aliphatic carbocycles. The molecule has 2 N–H and O–H groups in total. The number of nitrogens with zero attached hydrogens (tertiary/aromatic N) is 2. The Bertz CT molecular complexity index is 781. The molecule has 140 valence electrons. The highest BCUT2D eigenvalue weighted by molar-refractivity contribution is 6.30. The molecule has 0 atom stereocenters. The van der Waals surface area contributed by atoms with Crippen molar-refractivity contribution in [2.24, 2.45) is 5.92 Å². The summed E-state index contributed by atoms with van der Waals surface area (Å²) in [5, 5.41) is 5.17. The van der Waals surface area contributed by atoms with E-state index in [2.05, 4.69) is 20.6 Å². The number of alkyl halides is 3. The van der Waals surface area contributed by atoms with Crippen molar-refractivity contribution in [3.63, 3.8) is 0 Å². The van der Waals surface area contributed by atoms with Crippen molar-refractivity contribution < 1.29 is 18.0 Å². The number of carbonyl (C=O) groups excluding carboxylic acids is 1. The first-order valence-electron chi connectivity index (χ1n) is 7.92. The fraction of sp³-hybridized carbons (Fsp3) is 0.353. The van der Waals surface area contributed by atoms with Crippen molar-refractivity contribution in [2.45, 2.75) is 26.4 Å². The maximum atomic E-state index is 13.1. The van der Waals surface area contributed by atoms with Crippen molar-refractivity contribution in [1.29, 1.82) is 0 Å². The van der Waals surface area contributed by atoms with Crippen molar-refractivity contribution in [3.05, 3.63) is 46.7 Å². The lowest BCUT2D eigenvalue weighted by molar-refractivity contribution is -0.136. The van der Waals surface area contributed by atoms with E-state index in [1.165, 1.54) is 24.4 Å². The maximum Gasteiger partial charge on any atom is 0.418 e. The van der Waals surface area contributed by atoms with E-state index in [1.54, 1.807) is 0 Å². The standard InChI is InChI=1S/C17H18ClF3N4O/c1-10(2)5-7-22-15(26)14-6-8-23-16(25-14)24-13-4-3-11(18)9-12(13)17(19,20)21/h3-4,6,8-10H,5,7H2,1-2H3,(H,22,26)(H,23,24,25). The summed E-state index contributed by atoms with van der Waals surface area (Å²) < 4.78 is 39.4. The fourth-order valence-corrected chi connectivity index (χ4v) is 2.26. The predicted octanol–water partition coefficient (Wildman–Crippen LogP) is 4.67. The van der Waals surface area contributed by atoms with E-state index < -0.39 is 17.6 Å². The van der Waals surface area contributed by atoms with Crippen molar-refractivity contribution in [1.82, 2.24) is 15.3 Å². The van der Waals surface area contributed by atoms with E-state index in [0.717, 1.165) is 12.5 Å². The summed E-state index contributed by atoms with van der Waals surface area (Å²) in [5.41, 5.74) is -1.13. The lowest BCUT2D eigenvalue weighted by Crippen LogP contribution is -2.26. The Labute approximate surface area is 154 Å². The zero-order valence-electron chi connectivity index (χ0n) is 14.2. The van der Waals surface area contributed by atoms with Gasteiger partial charge >= 0.3 is 6.18 Å². The number of anilines is 2. The molecule has 5 nitrogen and oxygen atoms in total. The Morgan fingerprint density at radius 3 is 2.65 bits per heavy atom. The maximum absolute atomic E-state index is 13.1. The molecule has 1 aromatic heterocycles. The van der Waals surface area contributed by atoms with E-state index in [1.807, 2.05) is 13.8 Å². The van der Waals surface area contributed by atoms with Crippen LogP contribution in [0.15, 0.2) is 30.5 Å². The number of halogens is 4. The van der Waals surface area contributed by atoms with Gasteiger partial charge in [0.1, 0.15) is 5.69 Å². The SMILES string of the molecule is CC(C)CCNC(=O)c1ccnc(Nc2ccc(Cl)cc2C(F)(F)F)n1. The number of rotatable bonds is 6. The van der Waals surface area contributed by atoms with Crippen molar-refractivity contribution >= 4 is 29.1 Å². The van der Waals surface area contributed by atoms with Gasteiger partial charge < -0.3 is 10.6 Å². The van der Waals surface area contributed by atoms with Crippen LogP contribution in [-0.2, 0) is 6.18 Å². The summed E-state index contributed by atoms with van der Waals surface area (Å²) in [4.78, 5) is 19.9. The zero-order valence-corrected chi connectivity index (χ0v) is 14.9. The van der Waals surface area contributed by atoms with Gasteiger partial charge in [-0.05, 0) is 36.6 Å². The van der Waals surface area contributed by atoms with E-state index in [9.17, 15) is 18.0 Å². The fourth-order valence-electron chi connectivity index (χ4n) is 2.09. The van der Waals surface area contributed by atoms with Crippen molar-refractivity contribution in [3.8, 4) is 0 Å². The van der Waals surface area contributed by atoms with Crippen LogP contribution >= 0.6 is 11.6 Å². The van der Waals surface area contributed by atoms with Crippen LogP contribution in [0.3, 0.4) is 0 Å². The molecule has 9 heteroatoms. The highest BCUT2D eigenvalue weighted by atomic mass is 35.5. The minimum atomic E-state index is -4.60. The second-order valence-electron chi connectivity index (χ2n) is 6.02. The molecule has 0 bridgehead atoms. The Balaban J connectivity index is 2.18. The normalized spacial score (nSPS) is 11.5. The molecule has 0 saturated carbocycles. The molecular formula is C17H18ClF3N4O. The molecule has 0 spiro atoms. The number of nitrogens with one attached hydrogen (secondary N) is 2. The van der Waals surface area contributed by atoms with Crippen LogP contribution in [0, 0.1) is 5.92 Å². The highest BCUT2D eigenvalue weighted by Crippen LogP contribution is 2.37. The number of hydrogen-bond acceptors (Lipinski definition) is 4. The van der Waals surface area contributed by atoms with Gasteiger partial charge in [0.15, 0.2) is 0 Å². The number of hydrogen-bond donors (Lipinski definition) is 2. The third-order valence-electron chi connectivity index (χ3n) is 3.43. The smallest absolute Gasteiger partial charge is 0.351 e. The van der Waals surface area contributed by atoms with Crippen LogP contribution < -0.4 is 10.6 Å². The van der Waals surface area contributed by atoms with Gasteiger partial charge in [-0.1, -0.05) is 25.4 Å². The minimum absolute atomic E-state index is 0.0397. The number of carbonyl (C=O) groups is 1. The van der Waals surface area contributed by atoms with Crippen LogP contribution in [0.2, 0.25) is 5.02 Å². The summed E-state index contributed by atoms with van der Waals surface area (Å²) >= 11 is 5.65. The first-order chi connectivity index (χ1) is 12.2. The molecule has 0 aliphatic rings. The van der Waals surface area contributed by atoms with Gasteiger partial charge in [0.05, 0.1) is 11.3 Å². The summed E-state index contributed by atoms with van der Waals surface area (Å²) in [6.07, 6.45) is -2.49. The van der Waals surface area contributed by atoms with Crippen molar-refractivity contribution in [2.75, 3.05) is 11.9 Å². The van der Waals surface area contributed by atoms with Crippen LogP contribution in [0.1, 0.15) is 36.3 Å².